The smallest absolute Gasteiger partial charge is 0.220 e. The molecule has 1 aliphatic carbocycles. The zero-order chi connectivity index (χ0) is 17.5. The van der Waals surface area contributed by atoms with Crippen LogP contribution in [0.1, 0.15) is 50.5 Å². The number of methoxy groups -OCH3 is 1. The van der Waals surface area contributed by atoms with Crippen LogP contribution in [0, 0.1) is 5.92 Å². The minimum atomic E-state index is 0. The topological polar surface area (TPSA) is 59.6 Å². The standard InChI is InChI=1S/C20H30N2O3.ClH/c1-24-18-8-7-16(19(12-18)25-17-4-2-3-5-17)14-22-20(23)9-6-15-10-11-21-13-15;/h7-8,12,15,17,21H,2-6,9-11,13-14H2,1H3,(H,22,23);1H. The van der Waals surface area contributed by atoms with Crippen molar-refractivity contribution < 1.29 is 14.3 Å². The largest absolute Gasteiger partial charge is 0.497 e. The maximum absolute atomic E-state index is 12.2. The molecular formula is C20H31ClN2O3. The summed E-state index contributed by atoms with van der Waals surface area (Å²) >= 11 is 0. The van der Waals surface area contributed by atoms with Gasteiger partial charge in [0.05, 0.1) is 13.2 Å². The highest BCUT2D eigenvalue weighted by Gasteiger charge is 2.19. The molecule has 146 valence electrons. The first-order chi connectivity index (χ1) is 12.2. The molecule has 1 aromatic carbocycles. The number of nitrogens with one attached hydrogen (secondary N) is 2. The van der Waals surface area contributed by atoms with E-state index in [2.05, 4.69) is 10.6 Å². The molecule has 1 amide bonds. The molecule has 0 bridgehead atoms. The van der Waals surface area contributed by atoms with E-state index in [4.69, 9.17) is 9.47 Å². The van der Waals surface area contributed by atoms with Crippen LogP contribution in [0.3, 0.4) is 0 Å². The third kappa shape index (κ3) is 6.06. The summed E-state index contributed by atoms with van der Waals surface area (Å²) < 4.78 is 11.5. The Morgan fingerprint density at radius 3 is 2.77 bits per heavy atom. The van der Waals surface area contributed by atoms with Crippen molar-refractivity contribution in [2.75, 3.05) is 20.2 Å². The zero-order valence-corrected chi connectivity index (χ0v) is 16.4. The lowest BCUT2D eigenvalue weighted by Gasteiger charge is -2.18. The number of hydrogen-bond donors (Lipinski definition) is 2. The maximum atomic E-state index is 12.2. The van der Waals surface area contributed by atoms with Gasteiger partial charge in [-0.25, -0.2) is 0 Å². The third-order valence-corrected chi connectivity index (χ3v) is 5.29. The Morgan fingerprint density at radius 2 is 2.08 bits per heavy atom. The van der Waals surface area contributed by atoms with Crippen LogP contribution in [0.2, 0.25) is 0 Å². The Bertz CT molecular complexity index is 570. The van der Waals surface area contributed by atoms with E-state index in [1.807, 2.05) is 18.2 Å². The van der Waals surface area contributed by atoms with E-state index in [1.54, 1.807) is 7.11 Å². The van der Waals surface area contributed by atoms with E-state index >= 15 is 0 Å². The quantitative estimate of drug-likeness (QED) is 0.723. The maximum Gasteiger partial charge on any atom is 0.220 e. The molecule has 1 aliphatic heterocycles. The van der Waals surface area contributed by atoms with Crippen LogP contribution in [0.25, 0.3) is 0 Å². The number of amides is 1. The predicted octanol–water partition coefficient (Wildman–Crippen LogP) is 3.44. The molecule has 1 heterocycles. The monoisotopic (exact) mass is 382 g/mol. The predicted molar refractivity (Wildman–Crippen MR) is 105 cm³/mol. The second-order valence-electron chi connectivity index (χ2n) is 7.17. The lowest BCUT2D eigenvalue weighted by Crippen LogP contribution is -2.24. The number of carbonyl (C=O) groups excluding carboxylic acids is 1. The molecule has 1 atom stereocenters. The summed E-state index contributed by atoms with van der Waals surface area (Å²) in [6, 6.07) is 5.85. The van der Waals surface area contributed by atoms with E-state index in [0.29, 0.717) is 18.9 Å². The number of halogens is 1. The van der Waals surface area contributed by atoms with Crippen molar-refractivity contribution in [3.8, 4) is 11.5 Å². The van der Waals surface area contributed by atoms with Gasteiger partial charge < -0.3 is 20.1 Å². The molecule has 2 N–H and O–H groups in total. The van der Waals surface area contributed by atoms with E-state index in [0.717, 1.165) is 49.4 Å². The van der Waals surface area contributed by atoms with Crippen LogP contribution < -0.4 is 20.1 Å². The summed E-state index contributed by atoms with van der Waals surface area (Å²) in [7, 11) is 1.66. The number of hydrogen-bond acceptors (Lipinski definition) is 4. The molecule has 0 spiro atoms. The fraction of sp³-hybridized carbons (Fsp3) is 0.650. The van der Waals surface area contributed by atoms with Gasteiger partial charge in [0.25, 0.3) is 0 Å². The molecule has 26 heavy (non-hydrogen) atoms. The number of rotatable bonds is 8. The number of benzene rings is 1. The Morgan fingerprint density at radius 1 is 1.27 bits per heavy atom. The molecule has 2 fully saturated rings. The van der Waals surface area contributed by atoms with E-state index in [9.17, 15) is 4.79 Å². The molecule has 5 nitrogen and oxygen atoms in total. The van der Waals surface area contributed by atoms with Gasteiger partial charge in [0.1, 0.15) is 11.5 Å². The second-order valence-corrected chi connectivity index (χ2v) is 7.17. The molecule has 3 rings (SSSR count). The summed E-state index contributed by atoms with van der Waals surface area (Å²) in [6.45, 7) is 2.64. The highest BCUT2D eigenvalue weighted by molar-refractivity contribution is 5.85. The van der Waals surface area contributed by atoms with E-state index in [1.165, 1.54) is 19.3 Å². The van der Waals surface area contributed by atoms with Crippen LogP contribution in [0.15, 0.2) is 18.2 Å². The van der Waals surface area contributed by atoms with Gasteiger partial charge in [-0.1, -0.05) is 0 Å². The summed E-state index contributed by atoms with van der Waals surface area (Å²) in [5, 5.41) is 6.39. The van der Waals surface area contributed by atoms with Gasteiger partial charge in [-0.05, 0) is 69.7 Å². The number of ether oxygens (including phenoxy) is 2. The van der Waals surface area contributed by atoms with Crippen LogP contribution in [-0.4, -0.2) is 32.2 Å². The van der Waals surface area contributed by atoms with Crippen LogP contribution >= 0.6 is 12.4 Å². The summed E-state index contributed by atoms with van der Waals surface area (Å²) in [5.41, 5.74) is 1.02. The first kappa shape index (κ1) is 20.8. The zero-order valence-electron chi connectivity index (χ0n) is 15.6. The Kier molecular flexibility index (Phi) is 8.52. The van der Waals surface area contributed by atoms with Crippen LogP contribution in [-0.2, 0) is 11.3 Å². The molecule has 1 unspecified atom stereocenters. The molecule has 0 aromatic heterocycles. The van der Waals surface area contributed by atoms with Crippen molar-refractivity contribution in [2.45, 2.75) is 57.6 Å². The first-order valence-corrected chi connectivity index (χ1v) is 9.55. The SMILES string of the molecule is COc1ccc(CNC(=O)CCC2CCNC2)c(OC2CCCC2)c1.Cl. The summed E-state index contributed by atoms with van der Waals surface area (Å²) in [5.74, 6) is 2.39. The first-order valence-electron chi connectivity index (χ1n) is 9.55. The van der Waals surface area contributed by atoms with Gasteiger partial charge in [-0.2, -0.15) is 0 Å². The van der Waals surface area contributed by atoms with Crippen LogP contribution in [0.5, 0.6) is 11.5 Å². The van der Waals surface area contributed by atoms with Gasteiger partial charge >= 0.3 is 0 Å². The molecule has 1 aromatic rings. The third-order valence-electron chi connectivity index (χ3n) is 5.29. The van der Waals surface area contributed by atoms with Crippen molar-refractivity contribution >= 4 is 18.3 Å². The highest BCUT2D eigenvalue weighted by atomic mass is 35.5. The Labute approximate surface area is 162 Å². The molecule has 0 radical (unpaired) electrons. The molecule has 6 heteroatoms. The average molecular weight is 383 g/mol. The normalized spacial score (nSPS) is 19.8. The minimum absolute atomic E-state index is 0. The van der Waals surface area contributed by atoms with E-state index < -0.39 is 0 Å². The van der Waals surface area contributed by atoms with Crippen molar-refractivity contribution in [3.05, 3.63) is 23.8 Å². The van der Waals surface area contributed by atoms with Gasteiger partial charge in [0.2, 0.25) is 5.91 Å². The summed E-state index contributed by atoms with van der Waals surface area (Å²) in [4.78, 5) is 12.2. The molecule has 1 saturated carbocycles. The molecule has 1 saturated heterocycles. The van der Waals surface area contributed by atoms with Gasteiger partial charge in [0, 0.05) is 24.6 Å². The van der Waals surface area contributed by atoms with Crippen molar-refractivity contribution in [3.63, 3.8) is 0 Å². The lowest BCUT2D eigenvalue weighted by molar-refractivity contribution is -0.121. The molecule has 2 aliphatic rings. The highest BCUT2D eigenvalue weighted by Crippen LogP contribution is 2.30. The second kappa shape index (κ2) is 10.6. The average Bonchev–Trinajstić information content (AvgIpc) is 3.32. The summed E-state index contributed by atoms with van der Waals surface area (Å²) in [6.07, 6.45) is 7.72. The number of carbonyl (C=O) groups is 1. The van der Waals surface area contributed by atoms with Gasteiger partial charge in [0.15, 0.2) is 0 Å². The fourth-order valence-corrected chi connectivity index (χ4v) is 3.68. The molecular weight excluding hydrogens is 352 g/mol. The minimum Gasteiger partial charge on any atom is -0.497 e. The van der Waals surface area contributed by atoms with Gasteiger partial charge in [-0.15, -0.1) is 12.4 Å². The van der Waals surface area contributed by atoms with Crippen molar-refractivity contribution in [2.24, 2.45) is 5.92 Å². The van der Waals surface area contributed by atoms with E-state index in [-0.39, 0.29) is 24.4 Å². The Balaban J connectivity index is 0.00000243. The Hall–Kier alpha value is -1.46. The lowest BCUT2D eigenvalue weighted by atomic mass is 10.0. The van der Waals surface area contributed by atoms with Gasteiger partial charge in [-0.3, -0.25) is 4.79 Å². The van der Waals surface area contributed by atoms with Crippen molar-refractivity contribution in [1.29, 1.82) is 0 Å². The fourth-order valence-electron chi connectivity index (χ4n) is 3.68. The van der Waals surface area contributed by atoms with Crippen LogP contribution in [0.4, 0.5) is 0 Å². The van der Waals surface area contributed by atoms with Crippen molar-refractivity contribution in [1.82, 2.24) is 10.6 Å².